The van der Waals surface area contributed by atoms with Crippen molar-refractivity contribution in [3.63, 3.8) is 0 Å². The van der Waals surface area contributed by atoms with Crippen molar-refractivity contribution in [3.05, 3.63) is 29.8 Å². The van der Waals surface area contributed by atoms with E-state index in [2.05, 4.69) is 34.1 Å². The average Bonchev–Trinajstić information content (AvgIpc) is 2.57. The zero-order valence-electron chi connectivity index (χ0n) is 12.7. The van der Waals surface area contributed by atoms with Gasteiger partial charge in [-0.25, -0.2) is 0 Å². The Balaban J connectivity index is 1.52. The van der Waals surface area contributed by atoms with Crippen molar-refractivity contribution in [1.82, 2.24) is 4.90 Å². The van der Waals surface area contributed by atoms with Crippen molar-refractivity contribution in [2.75, 3.05) is 50.9 Å². The molecule has 0 bridgehead atoms. The predicted molar refractivity (Wildman–Crippen MR) is 84.6 cm³/mol. The lowest BCUT2D eigenvalue weighted by atomic mass is 9.97. The smallest absolute Gasteiger partial charge is 0.0642 e. The summed E-state index contributed by atoms with van der Waals surface area (Å²) in [6.45, 7) is 7.25. The van der Waals surface area contributed by atoms with Crippen LogP contribution in [0.3, 0.4) is 0 Å². The average molecular weight is 290 g/mol. The molecular formula is C17H26N2O2. The number of aliphatic hydroxyl groups excluding tert-OH is 1. The first kappa shape index (κ1) is 14.8. The van der Waals surface area contributed by atoms with Crippen LogP contribution in [0.25, 0.3) is 0 Å². The van der Waals surface area contributed by atoms with E-state index in [1.165, 1.54) is 11.3 Å². The molecule has 3 rings (SSSR count). The number of piperidine rings is 1. The summed E-state index contributed by atoms with van der Waals surface area (Å²) in [7, 11) is 0. The molecule has 2 heterocycles. The van der Waals surface area contributed by atoms with Crippen molar-refractivity contribution in [2.24, 2.45) is 5.92 Å². The number of ether oxygens (including phenoxy) is 1. The number of anilines is 1. The van der Waals surface area contributed by atoms with Crippen LogP contribution >= 0.6 is 0 Å². The molecule has 2 aliphatic rings. The van der Waals surface area contributed by atoms with E-state index in [4.69, 9.17) is 4.74 Å². The molecule has 1 aromatic carbocycles. The third-order valence-electron chi connectivity index (χ3n) is 4.68. The molecule has 0 amide bonds. The second-order valence-electron chi connectivity index (χ2n) is 6.17. The Morgan fingerprint density at radius 3 is 2.29 bits per heavy atom. The molecule has 0 saturated carbocycles. The molecule has 0 atom stereocenters. The second kappa shape index (κ2) is 7.25. The maximum absolute atomic E-state index is 9.19. The van der Waals surface area contributed by atoms with Crippen LogP contribution in [0.15, 0.2) is 24.3 Å². The largest absolute Gasteiger partial charge is 0.396 e. The fourth-order valence-electron chi connectivity index (χ4n) is 3.22. The summed E-state index contributed by atoms with van der Waals surface area (Å²) in [4.78, 5) is 4.88. The molecule has 4 nitrogen and oxygen atoms in total. The molecule has 0 unspecified atom stereocenters. The molecule has 1 N–H and O–H groups in total. The van der Waals surface area contributed by atoms with Gasteiger partial charge in [0.15, 0.2) is 0 Å². The lowest BCUT2D eigenvalue weighted by molar-refractivity contribution is 0.122. The Morgan fingerprint density at radius 2 is 1.67 bits per heavy atom. The second-order valence-corrected chi connectivity index (χ2v) is 6.17. The van der Waals surface area contributed by atoms with Crippen molar-refractivity contribution in [1.29, 1.82) is 0 Å². The molecule has 0 radical (unpaired) electrons. The number of morpholine rings is 1. The van der Waals surface area contributed by atoms with Crippen LogP contribution in [0.5, 0.6) is 0 Å². The van der Waals surface area contributed by atoms with Gasteiger partial charge in [0.25, 0.3) is 0 Å². The summed E-state index contributed by atoms with van der Waals surface area (Å²) in [6, 6.07) is 8.98. The van der Waals surface area contributed by atoms with Crippen LogP contribution < -0.4 is 4.90 Å². The summed E-state index contributed by atoms with van der Waals surface area (Å²) in [5.74, 6) is 0.518. The minimum absolute atomic E-state index is 0.349. The van der Waals surface area contributed by atoms with Gasteiger partial charge >= 0.3 is 0 Å². The van der Waals surface area contributed by atoms with Crippen molar-refractivity contribution >= 4 is 5.69 Å². The van der Waals surface area contributed by atoms with E-state index in [0.717, 1.165) is 58.8 Å². The summed E-state index contributed by atoms with van der Waals surface area (Å²) < 4.78 is 5.40. The summed E-state index contributed by atoms with van der Waals surface area (Å²) in [5.41, 5.74) is 2.69. The summed E-state index contributed by atoms with van der Waals surface area (Å²) >= 11 is 0. The third kappa shape index (κ3) is 3.96. The van der Waals surface area contributed by atoms with E-state index in [9.17, 15) is 5.11 Å². The van der Waals surface area contributed by atoms with Crippen LogP contribution in [0.2, 0.25) is 0 Å². The van der Waals surface area contributed by atoms with Crippen LogP contribution in [0.1, 0.15) is 18.4 Å². The van der Waals surface area contributed by atoms with E-state index in [0.29, 0.717) is 12.5 Å². The first-order valence-electron chi connectivity index (χ1n) is 8.10. The van der Waals surface area contributed by atoms with Gasteiger partial charge in [-0.1, -0.05) is 12.1 Å². The van der Waals surface area contributed by atoms with Gasteiger partial charge in [-0.05, 0) is 49.5 Å². The van der Waals surface area contributed by atoms with Crippen LogP contribution in [0, 0.1) is 5.92 Å². The lowest BCUT2D eigenvalue weighted by Crippen LogP contribution is -2.36. The van der Waals surface area contributed by atoms with Crippen LogP contribution in [-0.2, 0) is 11.3 Å². The number of hydrogen-bond donors (Lipinski definition) is 1. The zero-order chi connectivity index (χ0) is 14.5. The minimum Gasteiger partial charge on any atom is -0.396 e. The predicted octanol–water partition coefficient (Wildman–Crippen LogP) is 1.73. The van der Waals surface area contributed by atoms with Gasteiger partial charge in [-0.15, -0.1) is 0 Å². The Kier molecular flexibility index (Phi) is 5.12. The zero-order valence-corrected chi connectivity index (χ0v) is 12.7. The van der Waals surface area contributed by atoms with Gasteiger partial charge in [0, 0.05) is 31.9 Å². The number of rotatable bonds is 4. The lowest BCUT2D eigenvalue weighted by Gasteiger charge is -2.31. The van der Waals surface area contributed by atoms with E-state index >= 15 is 0 Å². The van der Waals surface area contributed by atoms with Gasteiger partial charge in [0.2, 0.25) is 0 Å². The molecule has 21 heavy (non-hydrogen) atoms. The summed E-state index contributed by atoms with van der Waals surface area (Å²) in [5, 5.41) is 9.19. The van der Waals surface area contributed by atoms with Gasteiger partial charge in [-0.3, -0.25) is 4.90 Å². The number of benzene rings is 1. The van der Waals surface area contributed by atoms with Gasteiger partial charge in [-0.2, -0.15) is 0 Å². The van der Waals surface area contributed by atoms with Crippen molar-refractivity contribution in [2.45, 2.75) is 19.4 Å². The highest BCUT2D eigenvalue weighted by atomic mass is 16.5. The quantitative estimate of drug-likeness (QED) is 0.916. The molecule has 2 fully saturated rings. The number of hydrogen-bond acceptors (Lipinski definition) is 4. The Labute approximate surface area is 127 Å². The van der Waals surface area contributed by atoms with E-state index in [1.807, 2.05) is 0 Å². The third-order valence-corrected chi connectivity index (χ3v) is 4.68. The number of likely N-dealkylation sites (tertiary alicyclic amines) is 1. The van der Waals surface area contributed by atoms with E-state index in [-0.39, 0.29) is 0 Å². The van der Waals surface area contributed by atoms with Gasteiger partial charge < -0.3 is 14.7 Å². The van der Waals surface area contributed by atoms with Gasteiger partial charge in [0.1, 0.15) is 0 Å². The maximum Gasteiger partial charge on any atom is 0.0642 e. The minimum atomic E-state index is 0.349. The fraction of sp³-hybridized carbons (Fsp3) is 0.647. The standard InChI is InChI=1S/C17H26N2O2/c20-14-16-5-7-18(8-6-16)13-15-1-3-17(4-2-15)19-9-11-21-12-10-19/h1-4,16,20H,5-14H2. The molecule has 0 aromatic heterocycles. The first-order valence-corrected chi connectivity index (χ1v) is 8.10. The molecular weight excluding hydrogens is 264 g/mol. The van der Waals surface area contributed by atoms with Crippen LogP contribution in [0.4, 0.5) is 5.69 Å². The molecule has 0 spiro atoms. The molecule has 2 aliphatic heterocycles. The molecule has 1 aromatic rings. The molecule has 0 aliphatic carbocycles. The van der Waals surface area contributed by atoms with Crippen molar-refractivity contribution < 1.29 is 9.84 Å². The molecule has 2 saturated heterocycles. The van der Waals surface area contributed by atoms with E-state index < -0.39 is 0 Å². The topological polar surface area (TPSA) is 35.9 Å². The van der Waals surface area contributed by atoms with Crippen LogP contribution in [-0.4, -0.2) is 56.0 Å². The van der Waals surface area contributed by atoms with E-state index in [1.54, 1.807) is 0 Å². The summed E-state index contributed by atoms with van der Waals surface area (Å²) in [6.07, 6.45) is 2.25. The highest BCUT2D eigenvalue weighted by Crippen LogP contribution is 2.20. The van der Waals surface area contributed by atoms with Gasteiger partial charge in [0.05, 0.1) is 13.2 Å². The highest BCUT2D eigenvalue weighted by Gasteiger charge is 2.18. The number of aliphatic hydroxyl groups is 1. The van der Waals surface area contributed by atoms with Crippen molar-refractivity contribution in [3.8, 4) is 0 Å². The number of nitrogens with zero attached hydrogens (tertiary/aromatic N) is 2. The highest BCUT2D eigenvalue weighted by molar-refractivity contribution is 5.47. The monoisotopic (exact) mass is 290 g/mol. The maximum atomic E-state index is 9.19. The SMILES string of the molecule is OCC1CCN(Cc2ccc(N3CCOCC3)cc2)CC1. The first-order chi connectivity index (χ1) is 10.3. The Morgan fingerprint density at radius 1 is 1.00 bits per heavy atom. The normalized spacial score (nSPS) is 21.7. The fourth-order valence-corrected chi connectivity index (χ4v) is 3.22. The molecule has 4 heteroatoms. The Hall–Kier alpha value is -1.10. The molecule has 116 valence electrons. The Bertz CT molecular complexity index is 421.